The van der Waals surface area contributed by atoms with Crippen LogP contribution in [0.15, 0.2) is 48.5 Å². The fraction of sp³-hybridized carbons (Fsp3) is 0.118. The Kier molecular flexibility index (Phi) is 3.86. The van der Waals surface area contributed by atoms with Crippen LogP contribution in [0, 0.1) is 23.2 Å². The molecular formula is C17H14N2. The van der Waals surface area contributed by atoms with Crippen LogP contribution in [-0.2, 0) is 0 Å². The summed E-state index contributed by atoms with van der Waals surface area (Å²) in [6.45, 7) is 0. The summed E-state index contributed by atoms with van der Waals surface area (Å²) < 4.78 is 0. The molecule has 0 aliphatic rings. The molecule has 2 aromatic rings. The number of hydrogen-bond acceptors (Lipinski definition) is 2. The van der Waals surface area contributed by atoms with Crippen LogP contribution in [0.25, 0.3) is 0 Å². The van der Waals surface area contributed by atoms with E-state index in [1.54, 1.807) is 6.07 Å². The molecule has 0 fully saturated rings. The summed E-state index contributed by atoms with van der Waals surface area (Å²) in [7, 11) is 3.98. The molecule has 2 nitrogen and oxygen atoms in total. The smallest absolute Gasteiger partial charge is 0.100 e. The molecule has 2 heteroatoms. The molecular weight excluding hydrogens is 232 g/mol. The van der Waals surface area contributed by atoms with E-state index < -0.39 is 0 Å². The lowest BCUT2D eigenvalue weighted by Crippen LogP contribution is -2.10. The van der Waals surface area contributed by atoms with E-state index in [9.17, 15) is 0 Å². The first-order valence-electron chi connectivity index (χ1n) is 6.00. The normalized spacial score (nSPS) is 9.11. The molecule has 0 N–H and O–H groups in total. The van der Waals surface area contributed by atoms with Crippen molar-refractivity contribution in [2.75, 3.05) is 19.0 Å². The van der Waals surface area contributed by atoms with Gasteiger partial charge in [-0.2, -0.15) is 5.26 Å². The van der Waals surface area contributed by atoms with Gasteiger partial charge in [-0.3, -0.25) is 0 Å². The van der Waals surface area contributed by atoms with Crippen molar-refractivity contribution in [2.45, 2.75) is 0 Å². The number of hydrogen-bond donors (Lipinski definition) is 0. The molecule has 92 valence electrons. The summed E-state index contributed by atoms with van der Waals surface area (Å²) in [6, 6.07) is 17.5. The van der Waals surface area contributed by atoms with Crippen molar-refractivity contribution in [1.82, 2.24) is 0 Å². The van der Waals surface area contributed by atoms with Gasteiger partial charge in [0.25, 0.3) is 0 Å². The van der Waals surface area contributed by atoms with E-state index in [4.69, 9.17) is 5.26 Å². The van der Waals surface area contributed by atoms with Gasteiger partial charge in [0.1, 0.15) is 6.07 Å². The summed E-state index contributed by atoms with van der Waals surface area (Å²) in [6.07, 6.45) is 0. The average molecular weight is 246 g/mol. The fourth-order valence-electron chi connectivity index (χ4n) is 1.79. The Morgan fingerprint density at radius 3 is 1.95 bits per heavy atom. The predicted molar refractivity (Wildman–Crippen MR) is 77.9 cm³/mol. The standard InChI is InChI=1S/C17H14N2/c1-19(2)17-10-6-5-8-15(17)12-11-14-7-3-4-9-16(14)13-18/h3-10H,1-2H3. The number of nitriles is 1. The fourth-order valence-corrected chi connectivity index (χ4v) is 1.79. The number of para-hydroxylation sites is 1. The highest BCUT2D eigenvalue weighted by Crippen LogP contribution is 2.16. The number of nitrogens with zero attached hydrogens (tertiary/aromatic N) is 2. The third-order valence-electron chi connectivity index (χ3n) is 2.77. The number of benzene rings is 2. The molecule has 0 saturated carbocycles. The number of anilines is 1. The van der Waals surface area contributed by atoms with E-state index in [1.807, 2.05) is 61.5 Å². The van der Waals surface area contributed by atoms with Crippen LogP contribution in [0.3, 0.4) is 0 Å². The first-order valence-corrected chi connectivity index (χ1v) is 6.00. The van der Waals surface area contributed by atoms with Crippen molar-refractivity contribution >= 4 is 5.69 Å². The van der Waals surface area contributed by atoms with Crippen LogP contribution in [0.1, 0.15) is 16.7 Å². The van der Waals surface area contributed by atoms with Crippen LogP contribution < -0.4 is 4.90 Å². The molecule has 0 aliphatic heterocycles. The molecule has 0 atom stereocenters. The Morgan fingerprint density at radius 1 is 0.789 bits per heavy atom. The van der Waals surface area contributed by atoms with Gasteiger partial charge in [0.15, 0.2) is 0 Å². The van der Waals surface area contributed by atoms with Crippen molar-refractivity contribution in [3.8, 4) is 17.9 Å². The number of rotatable bonds is 1. The minimum Gasteiger partial charge on any atom is -0.377 e. The first-order chi connectivity index (χ1) is 9.22. The predicted octanol–water partition coefficient (Wildman–Crippen LogP) is 3.02. The van der Waals surface area contributed by atoms with Gasteiger partial charge in [0.2, 0.25) is 0 Å². The van der Waals surface area contributed by atoms with Crippen LogP contribution in [0.2, 0.25) is 0 Å². The lowest BCUT2D eigenvalue weighted by atomic mass is 10.1. The molecule has 0 aliphatic carbocycles. The quantitative estimate of drug-likeness (QED) is 0.723. The SMILES string of the molecule is CN(C)c1ccccc1C#Cc1ccccc1C#N. The lowest BCUT2D eigenvalue weighted by Gasteiger charge is -2.13. The van der Waals surface area contributed by atoms with Crippen molar-refractivity contribution in [1.29, 1.82) is 5.26 Å². The van der Waals surface area contributed by atoms with Gasteiger partial charge in [-0.1, -0.05) is 36.1 Å². The van der Waals surface area contributed by atoms with E-state index >= 15 is 0 Å². The van der Waals surface area contributed by atoms with Crippen molar-refractivity contribution in [2.24, 2.45) is 0 Å². The highest BCUT2D eigenvalue weighted by molar-refractivity contribution is 5.62. The van der Waals surface area contributed by atoms with Crippen LogP contribution in [0.5, 0.6) is 0 Å². The Hall–Kier alpha value is -2.71. The second-order valence-corrected chi connectivity index (χ2v) is 4.32. The molecule has 0 unspecified atom stereocenters. The van der Waals surface area contributed by atoms with Gasteiger partial charge in [-0.05, 0) is 24.3 Å². The molecule has 0 saturated heterocycles. The van der Waals surface area contributed by atoms with E-state index in [2.05, 4.69) is 17.9 Å². The van der Waals surface area contributed by atoms with Crippen LogP contribution in [0.4, 0.5) is 5.69 Å². The molecule has 0 radical (unpaired) electrons. The van der Waals surface area contributed by atoms with Crippen molar-refractivity contribution < 1.29 is 0 Å². The second-order valence-electron chi connectivity index (χ2n) is 4.32. The maximum atomic E-state index is 9.03. The van der Waals surface area contributed by atoms with Gasteiger partial charge in [0.05, 0.1) is 11.3 Å². The van der Waals surface area contributed by atoms with E-state index in [0.29, 0.717) is 5.56 Å². The topological polar surface area (TPSA) is 27.0 Å². The van der Waals surface area contributed by atoms with Crippen LogP contribution in [-0.4, -0.2) is 14.1 Å². The lowest BCUT2D eigenvalue weighted by molar-refractivity contribution is 1.13. The highest BCUT2D eigenvalue weighted by atomic mass is 15.1. The Morgan fingerprint density at radius 2 is 1.32 bits per heavy atom. The Bertz CT molecular complexity index is 682. The van der Waals surface area contributed by atoms with E-state index in [-0.39, 0.29) is 0 Å². The summed E-state index contributed by atoms with van der Waals surface area (Å²) in [5, 5.41) is 9.03. The third kappa shape index (κ3) is 2.94. The molecule has 0 aromatic heterocycles. The highest BCUT2D eigenvalue weighted by Gasteiger charge is 2.00. The summed E-state index contributed by atoms with van der Waals surface area (Å²) in [4.78, 5) is 2.03. The monoisotopic (exact) mass is 246 g/mol. The Balaban J connectivity index is 2.43. The van der Waals surface area contributed by atoms with E-state index in [0.717, 1.165) is 16.8 Å². The third-order valence-corrected chi connectivity index (χ3v) is 2.77. The van der Waals surface area contributed by atoms with Crippen molar-refractivity contribution in [3.05, 3.63) is 65.2 Å². The largest absolute Gasteiger partial charge is 0.377 e. The Labute approximate surface area is 113 Å². The molecule has 0 heterocycles. The minimum atomic E-state index is 0.609. The van der Waals surface area contributed by atoms with Gasteiger partial charge in [-0.25, -0.2) is 0 Å². The molecule has 2 aromatic carbocycles. The van der Waals surface area contributed by atoms with Gasteiger partial charge in [-0.15, -0.1) is 0 Å². The zero-order valence-corrected chi connectivity index (χ0v) is 11.0. The minimum absolute atomic E-state index is 0.609. The zero-order chi connectivity index (χ0) is 13.7. The van der Waals surface area contributed by atoms with Gasteiger partial charge < -0.3 is 4.90 Å². The second kappa shape index (κ2) is 5.76. The summed E-state index contributed by atoms with van der Waals surface area (Å²) in [5.74, 6) is 6.22. The van der Waals surface area contributed by atoms with Crippen molar-refractivity contribution in [3.63, 3.8) is 0 Å². The molecule has 0 spiro atoms. The first kappa shape index (κ1) is 12.7. The summed E-state index contributed by atoms with van der Waals surface area (Å²) in [5.41, 5.74) is 3.40. The average Bonchev–Trinajstić information content (AvgIpc) is 2.45. The maximum absolute atomic E-state index is 9.03. The summed E-state index contributed by atoms with van der Waals surface area (Å²) >= 11 is 0. The van der Waals surface area contributed by atoms with Gasteiger partial charge >= 0.3 is 0 Å². The van der Waals surface area contributed by atoms with Gasteiger partial charge in [0, 0.05) is 25.2 Å². The van der Waals surface area contributed by atoms with E-state index in [1.165, 1.54) is 0 Å². The zero-order valence-electron chi connectivity index (χ0n) is 11.0. The molecule has 19 heavy (non-hydrogen) atoms. The molecule has 2 rings (SSSR count). The maximum Gasteiger partial charge on any atom is 0.100 e. The van der Waals surface area contributed by atoms with Crippen LogP contribution >= 0.6 is 0 Å². The molecule has 0 amide bonds. The molecule has 0 bridgehead atoms.